The third kappa shape index (κ3) is 3.46. The molecule has 1 aromatic heterocycles. The van der Waals surface area contributed by atoms with Gasteiger partial charge >= 0.3 is 0 Å². The van der Waals surface area contributed by atoms with E-state index in [2.05, 4.69) is 10.1 Å². The molecule has 0 radical (unpaired) electrons. The van der Waals surface area contributed by atoms with Crippen LogP contribution in [0.15, 0.2) is 18.2 Å². The van der Waals surface area contributed by atoms with Crippen molar-refractivity contribution in [3.63, 3.8) is 0 Å². The zero-order valence-corrected chi connectivity index (χ0v) is 16.6. The Morgan fingerprint density at radius 1 is 1.35 bits per heavy atom. The second-order valence-electron chi connectivity index (χ2n) is 7.07. The summed E-state index contributed by atoms with van der Waals surface area (Å²) in [6.07, 6.45) is 0.899. The van der Waals surface area contributed by atoms with E-state index in [1.54, 1.807) is 27.8 Å². The van der Waals surface area contributed by atoms with Crippen LogP contribution in [0.5, 0.6) is 0 Å². The van der Waals surface area contributed by atoms with Crippen molar-refractivity contribution in [2.24, 2.45) is 11.7 Å². The van der Waals surface area contributed by atoms with E-state index in [1.165, 1.54) is 0 Å². The van der Waals surface area contributed by atoms with Crippen LogP contribution in [0.25, 0.3) is 5.69 Å². The van der Waals surface area contributed by atoms with E-state index < -0.39 is 0 Å². The molecule has 2 atom stereocenters. The first-order valence-corrected chi connectivity index (χ1v) is 9.51. The number of aromatic nitrogens is 3. The van der Waals surface area contributed by atoms with Crippen molar-refractivity contribution in [2.75, 3.05) is 13.1 Å². The second kappa shape index (κ2) is 7.55. The van der Waals surface area contributed by atoms with Gasteiger partial charge in [0, 0.05) is 18.5 Å². The van der Waals surface area contributed by atoms with Crippen molar-refractivity contribution in [1.82, 2.24) is 19.7 Å². The lowest BCUT2D eigenvalue weighted by molar-refractivity contribution is 0.0731. The number of carbonyl (C=O) groups excluding carboxylic acids is 1. The van der Waals surface area contributed by atoms with E-state index in [0.717, 1.165) is 6.42 Å². The third-order valence-electron chi connectivity index (χ3n) is 4.74. The van der Waals surface area contributed by atoms with Gasteiger partial charge in [-0.1, -0.05) is 43.1 Å². The highest BCUT2D eigenvalue weighted by Gasteiger charge is 2.34. The zero-order chi connectivity index (χ0) is 19.0. The highest BCUT2D eigenvalue weighted by molar-refractivity contribution is 6.37. The maximum atomic E-state index is 13.0. The Kier molecular flexibility index (Phi) is 5.55. The van der Waals surface area contributed by atoms with Crippen molar-refractivity contribution < 1.29 is 4.79 Å². The molecular weight excluding hydrogens is 373 g/mol. The Morgan fingerprint density at radius 2 is 2.00 bits per heavy atom. The molecule has 1 fully saturated rings. The Hall–Kier alpha value is -1.63. The number of carbonyl (C=O) groups is 1. The van der Waals surface area contributed by atoms with Gasteiger partial charge in [-0.05, 0) is 37.9 Å². The number of rotatable bonds is 4. The van der Waals surface area contributed by atoms with Gasteiger partial charge in [0.15, 0.2) is 0 Å². The highest BCUT2D eigenvalue weighted by atomic mass is 35.5. The van der Waals surface area contributed by atoms with Crippen LogP contribution in [0.4, 0.5) is 0 Å². The summed E-state index contributed by atoms with van der Waals surface area (Å²) in [6, 6.07) is 5.37. The van der Waals surface area contributed by atoms with Crippen molar-refractivity contribution >= 4 is 29.1 Å². The number of nitrogens with two attached hydrogens (primary N) is 1. The summed E-state index contributed by atoms with van der Waals surface area (Å²) in [5.41, 5.74) is 6.31. The molecule has 1 amide bonds. The molecule has 1 saturated heterocycles. The molecule has 3 rings (SSSR count). The Bertz CT molecular complexity index is 800. The summed E-state index contributed by atoms with van der Waals surface area (Å²) in [7, 11) is 0. The first kappa shape index (κ1) is 19.1. The van der Waals surface area contributed by atoms with Crippen LogP contribution in [0.2, 0.25) is 10.0 Å². The van der Waals surface area contributed by atoms with Gasteiger partial charge < -0.3 is 10.6 Å². The fourth-order valence-corrected chi connectivity index (χ4v) is 3.93. The van der Waals surface area contributed by atoms with Crippen LogP contribution in [-0.4, -0.2) is 44.7 Å². The fraction of sp³-hybridized carbons (Fsp3) is 0.500. The number of hydrogen-bond acceptors (Lipinski definition) is 4. The zero-order valence-electron chi connectivity index (χ0n) is 15.1. The number of para-hydroxylation sites is 1. The van der Waals surface area contributed by atoms with Crippen molar-refractivity contribution in [3.8, 4) is 5.69 Å². The number of halogens is 2. The Labute approximate surface area is 163 Å². The van der Waals surface area contributed by atoms with Crippen molar-refractivity contribution in [3.05, 3.63) is 39.9 Å². The van der Waals surface area contributed by atoms with Crippen molar-refractivity contribution in [2.45, 2.75) is 39.2 Å². The van der Waals surface area contributed by atoms with E-state index >= 15 is 0 Å². The lowest BCUT2D eigenvalue weighted by atomic mass is 10.1. The normalized spacial score (nSPS) is 20.2. The maximum absolute atomic E-state index is 13.0. The van der Waals surface area contributed by atoms with Gasteiger partial charge in [-0.15, -0.1) is 5.10 Å². The van der Waals surface area contributed by atoms with E-state index in [4.69, 9.17) is 28.9 Å². The third-order valence-corrected chi connectivity index (χ3v) is 5.35. The highest BCUT2D eigenvalue weighted by Crippen LogP contribution is 2.31. The first-order chi connectivity index (χ1) is 12.3. The summed E-state index contributed by atoms with van der Waals surface area (Å²) in [4.78, 5) is 19.3. The SMILES string of the molecule is CC(C)c1nc(C(=O)N2CC(CN)CC2C)nn1-c1c(Cl)cccc1Cl. The molecule has 0 spiro atoms. The molecule has 1 aliphatic heterocycles. The van der Waals surface area contributed by atoms with Crippen LogP contribution in [0.3, 0.4) is 0 Å². The van der Waals surface area contributed by atoms with E-state index in [1.807, 2.05) is 20.8 Å². The molecule has 2 N–H and O–H groups in total. The van der Waals surface area contributed by atoms with E-state index in [9.17, 15) is 4.79 Å². The van der Waals surface area contributed by atoms with Crippen LogP contribution in [0, 0.1) is 5.92 Å². The minimum Gasteiger partial charge on any atom is -0.333 e. The minimum absolute atomic E-state index is 0.0455. The van der Waals surface area contributed by atoms with Gasteiger partial charge in [0.1, 0.15) is 11.5 Å². The number of nitrogens with zero attached hydrogens (tertiary/aromatic N) is 4. The second-order valence-corrected chi connectivity index (χ2v) is 7.89. The molecule has 1 aliphatic rings. The van der Waals surface area contributed by atoms with Gasteiger partial charge in [0.25, 0.3) is 5.91 Å². The first-order valence-electron chi connectivity index (χ1n) is 8.75. The lowest BCUT2D eigenvalue weighted by Gasteiger charge is -2.19. The van der Waals surface area contributed by atoms with Gasteiger partial charge in [-0.2, -0.15) is 0 Å². The number of likely N-dealkylation sites (tertiary alicyclic amines) is 1. The monoisotopic (exact) mass is 395 g/mol. The molecular formula is C18H23Cl2N5O. The Morgan fingerprint density at radius 3 is 2.54 bits per heavy atom. The standard InChI is InChI=1S/C18H23Cl2N5O/c1-10(2)17-22-16(18(26)24-9-12(8-21)7-11(24)3)23-25(17)15-13(19)5-4-6-14(15)20/h4-6,10-12H,7-9,21H2,1-3H3. The number of benzene rings is 1. The van der Waals surface area contributed by atoms with Crippen LogP contribution in [-0.2, 0) is 0 Å². The predicted molar refractivity (Wildman–Crippen MR) is 103 cm³/mol. The average Bonchev–Trinajstić information content (AvgIpc) is 3.18. The average molecular weight is 396 g/mol. The molecule has 2 aromatic rings. The topological polar surface area (TPSA) is 77.0 Å². The summed E-state index contributed by atoms with van der Waals surface area (Å²) in [5.74, 6) is 0.986. The van der Waals surface area contributed by atoms with Crippen LogP contribution < -0.4 is 5.73 Å². The van der Waals surface area contributed by atoms with Crippen molar-refractivity contribution in [1.29, 1.82) is 0 Å². The van der Waals surface area contributed by atoms with Gasteiger partial charge in [0.2, 0.25) is 5.82 Å². The molecule has 140 valence electrons. The maximum Gasteiger partial charge on any atom is 0.293 e. The van der Waals surface area contributed by atoms with Crippen LogP contribution >= 0.6 is 23.2 Å². The quantitative estimate of drug-likeness (QED) is 0.858. The minimum atomic E-state index is -0.183. The summed E-state index contributed by atoms with van der Waals surface area (Å²) in [6.45, 7) is 7.21. The summed E-state index contributed by atoms with van der Waals surface area (Å²) < 4.78 is 1.59. The van der Waals surface area contributed by atoms with Gasteiger partial charge in [-0.3, -0.25) is 4.79 Å². The van der Waals surface area contributed by atoms with Crippen LogP contribution in [0.1, 0.15) is 49.6 Å². The summed E-state index contributed by atoms with van der Waals surface area (Å²) in [5, 5.41) is 5.39. The molecule has 2 heterocycles. The van der Waals surface area contributed by atoms with E-state index in [0.29, 0.717) is 40.6 Å². The molecule has 0 aliphatic carbocycles. The number of amides is 1. The molecule has 1 aromatic carbocycles. The lowest BCUT2D eigenvalue weighted by Crippen LogP contribution is -2.35. The molecule has 26 heavy (non-hydrogen) atoms. The smallest absolute Gasteiger partial charge is 0.293 e. The molecule has 8 heteroatoms. The summed E-state index contributed by atoms with van der Waals surface area (Å²) >= 11 is 12.7. The molecule has 2 unspecified atom stereocenters. The Balaban J connectivity index is 2.02. The molecule has 0 bridgehead atoms. The van der Waals surface area contributed by atoms with E-state index in [-0.39, 0.29) is 23.7 Å². The number of hydrogen-bond donors (Lipinski definition) is 1. The molecule has 6 nitrogen and oxygen atoms in total. The fourth-order valence-electron chi connectivity index (χ4n) is 3.37. The van der Waals surface area contributed by atoms with Gasteiger partial charge in [0.05, 0.1) is 10.0 Å². The largest absolute Gasteiger partial charge is 0.333 e. The molecule has 0 saturated carbocycles. The van der Waals surface area contributed by atoms with Gasteiger partial charge in [-0.25, -0.2) is 9.67 Å². The predicted octanol–water partition coefficient (Wildman–Crippen LogP) is 3.51.